The summed E-state index contributed by atoms with van der Waals surface area (Å²) in [6.45, 7) is 3.52. The number of nitrogens with one attached hydrogen (secondary N) is 1. The molecule has 0 bridgehead atoms. The number of amides is 1. The zero-order chi connectivity index (χ0) is 22.0. The highest BCUT2D eigenvalue weighted by Gasteiger charge is 2.24. The van der Waals surface area contributed by atoms with Gasteiger partial charge in [-0.3, -0.25) is 4.79 Å². The number of carbonyl (C=O) groups excluding carboxylic acids is 1. The molecule has 0 aliphatic heterocycles. The third kappa shape index (κ3) is 4.58. The van der Waals surface area contributed by atoms with E-state index < -0.39 is 5.97 Å². The van der Waals surface area contributed by atoms with Crippen molar-refractivity contribution in [1.29, 1.82) is 0 Å². The summed E-state index contributed by atoms with van der Waals surface area (Å²) in [4.78, 5) is 24.0. The fourth-order valence-electron chi connectivity index (χ4n) is 2.93. The number of ether oxygens (including phenoxy) is 1. The van der Waals surface area contributed by atoms with Crippen molar-refractivity contribution >= 4 is 35.1 Å². The standard InChI is InChI=1S/C21H19Cl2N3O4/c1-11(13-4-6-14(7-5-13)21(28)29)24-19(27)18-12(2)25-26(3)20(18)30-15-8-9-16(22)17(23)10-15/h4-11H,1-3H3,(H,24,27)(H,28,29)/t11-/m0/s1. The maximum absolute atomic E-state index is 13.0. The molecule has 1 atom stereocenters. The predicted octanol–water partition coefficient (Wildman–Crippen LogP) is 5.02. The number of hydrogen-bond acceptors (Lipinski definition) is 4. The number of aromatic nitrogens is 2. The summed E-state index contributed by atoms with van der Waals surface area (Å²) < 4.78 is 7.35. The molecule has 1 aromatic heterocycles. The molecule has 0 saturated heterocycles. The maximum Gasteiger partial charge on any atom is 0.335 e. The molecular formula is C21H19Cl2N3O4. The highest BCUT2D eigenvalue weighted by Crippen LogP contribution is 2.32. The van der Waals surface area contributed by atoms with Crippen molar-refractivity contribution in [2.24, 2.45) is 7.05 Å². The van der Waals surface area contributed by atoms with Gasteiger partial charge in [-0.15, -0.1) is 0 Å². The molecule has 1 amide bonds. The minimum absolute atomic E-state index is 0.178. The highest BCUT2D eigenvalue weighted by atomic mass is 35.5. The van der Waals surface area contributed by atoms with Crippen LogP contribution in [-0.4, -0.2) is 26.8 Å². The van der Waals surface area contributed by atoms with Crippen LogP contribution in [0.2, 0.25) is 10.0 Å². The molecule has 1 heterocycles. The second kappa shape index (κ2) is 8.77. The number of aromatic carboxylic acids is 1. The van der Waals surface area contributed by atoms with E-state index in [0.29, 0.717) is 21.5 Å². The zero-order valence-electron chi connectivity index (χ0n) is 16.4. The summed E-state index contributed by atoms with van der Waals surface area (Å²) in [6, 6.07) is 10.8. The number of carbonyl (C=O) groups is 2. The Morgan fingerprint density at radius 1 is 1.13 bits per heavy atom. The minimum Gasteiger partial charge on any atom is -0.478 e. The molecule has 30 heavy (non-hydrogen) atoms. The Morgan fingerprint density at radius 3 is 2.40 bits per heavy atom. The highest BCUT2D eigenvalue weighted by molar-refractivity contribution is 6.42. The largest absolute Gasteiger partial charge is 0.478 e. The lowest BCUT2D eigenvalue weighted by Crippen LogP contribution is -2.27. The van der Waals surface area contributed by atoms with Crippen LogP contribution in [0.1, 0.15) is 44.9 Å². The van der Waals surface area contributed by atoms with Gasteiger partial charge in [0, 0.05) is 13.1 Å². The maximum atomic E-state index is 13.0. The molecule has 0 spiro atoms. The lowest BCUT2D eigenvalue weighted by atomic mass is 10.1. The number of halogens is 2. The van der Waals surface area contributed by atoms with Crippen molar-refractivity contribution in [2.75, 3.05) is 0 Å². The van der Waals surface area contributed by atoms with Crippen LogP contribution in [0.4, 0.5) is 0 Å². The van der Waals surface area contributed by atoms with E-state index >= 15 is 0 Å². The molecule has 0 aliphatic carbocycles. The van der Waals surface area contributed by atoms with Crippen LogP contribution >= 0.6 is 23.2 Å². The molecule has 2 aromatic carbocycles. The van der Waals surface area contributed by atoms with Crippen molar-refractivity contribution in [3.8, 4) is 11.6 Å². The van der Waals surface area contributed by atoms with Crippen molar-refractivity contribution < 1.29 is 19.4 Å². The monoisotopic (exact) mass is 447 g/mol. The van der Waals surface area contributed by atoms with E-state index in [4.69, 9.17) is 33.0 Å². The number of benzene rings is 2. The van der Waals surface area contributed by atoms with Gasteiger partial charge in [-0.05, 0) is 43.7 Å². The lowest BCUT2D eigenvalue weighted by molar-refractivity contribution is 0.0696. The summed E-state index contributed by atoms with van der Waals surface area (Å²) in [5.74, 6) is -0.700. The Bertz CT molecular complexity index is 1110. The van der Waals surface area contributed by atoms with Gasteiger partial charge in [0.15, 0.2) is 0 Å². The van der Waals surface area contributed by atoms with Crippen LogP contribution in [0, 0.1) is 6.92 Å². The molecule has 2 N–H and O–H groups in total. The number of hydrogen-bond donors (Lipinski definition) is 2. The van der Waals surface area contributed by atoms with E-state index in [1.165, 1.54) is 16.8 Å². The van der Waals surface area contributed by atoms with Crippen LogP contribution in [0.3, 0.4) is 0 Å². The van der Waals surface area contributed by atoms with Gasteiger partial charge in [0.2, 0.25) is 5.88 Å². The fourth-order valence-corrected chi connectivity index (χ4v) is 3.22. The van der Waals surface area contributed by atoms with Crippen molar-refractivity contribution in [1.82, 2.24) is 15.1 Å². The van der Waals surface area contributed by atoms with Gasteiger partial charge in [0.05, 0.1) is 27.3 Å². The molecule has 0 unspecified atom stereocenters. The first-order chi connectivity index (χ1) is 14.2. The van der Waals surface area contributed by atoms with Gasteiger partial charge in [0.1, 0.15) is 11.3 Å². The van der Waals surface area contributed by atoms with E-state index in [-0.39, 0.29) is 29.0 Å². The van der Waals surface area contributed by atoms with Crippen molar-refractivity contribution in [3.05, 3.63) is 74.9 Å². The zero-order valence-corrected chi connectivity index (χ0v) is 18.0. The Kier molecular flexibility index (Phi) is 6.34. The average Bonchev–Trinajstić information content (AvgIpc) is 2.97. The molecule has 3 rings (SSSR count). The number of aryl methyl sites for hydroxylation is 2. The smallest absolute Gasteiger partial charge is 0.335 e. The van der Waals surface area contributed by atoms with Crippen molar-refractivity contribution in [2.45, 2.75) is 19.9 Å². The van der Waals surface area contributed by atoms with Crippen molar-refractivity contribution in [3.63, 3.8) is 0 Å². The Balaban J connectivity index is 1.83. The van der Waals surface area contributed by atoms with Gasteiger partial charge < -0.3 is 15.2 Å². The SMILES string of the molecule is Cc1nn(C)c(Oc2ccc(Cl)c(Cl)c2)c1C(=O)N[C@@H](C)c1ccc(C(=O)O)cc1. The fraction of sp³-hybridized carbons (Fsp3) is 0.190. The summed E-state index contributed by atoms with van der Waals surface area (Å²) in [5, 5.41) is 16.9. The summed E-state index contributed by atoms with van der Waals surface area (Å²) in [6.07, 6.45) is 0. The predicted molar refractivity (Wildman–Crippen MR) is 114 cm³/mol. The van der Waals surface area contributed by atoms with E-state index in [2.05, 4.69) is 10.4 Å². The summed E-state index contributed by atoms with van der Waals surface area (Å²) >= 11 is 12.0. The lowest BCUT2D eigenvalue weighted by Gasteiger charge is -2.15. The molecule has 0 fully saturated rings. The number of carboxylic acids is 1. The van der Waals surface area contributed by atoms with Crippen LogP contribution < -0.4 is 10.1 Å². The molecule has 3 aromatic rings. The summed E-state index contributed by atoms with van der Waals surface area (Å²) in [5.41, 5.74) is 1.73. The van der Waals surface area contributed by atoms with Gasteiger partial charge in [-0.2, -0.15) is 5.10 Å². The first-order valence-electron chi connectivity index (χ1n) is 8.98. The van der Waals surface area contributed by atoms with Crippen LogP contribution in [0.25, 0.3) is 0 Å². The second-order valence-corrected chi connectivity index (χ2v) is 7.50. The third-order valence-electron chi connectivity index (χ3n) is 4.51. The van der Waals surface area contributed by atoms with Gasteiger partial charge >= 0.3 is 5.97 Å². The second-order valence-electron chi connectivity index (χ2n) is 6.69. The molecule has 7 nitrogen and oxygen atoms in total. The summed E-state index contributed by atoms with van der Waals surface area (Å²) in [7, 11) is 1.67. The quantitative estimate of drug-likeness (QED) is 0.553. The number of carboxylic acid groups (broad SMARTS) is 1. The number of rotatable bonds is 6. The van der Waals surface area contributed by atoms with Crippen LogP contribution in [0.5, 0.6) is 11.6 Å². The van der Waals surface area contributed by atoms with Crippen LogP contribution in [-0.2, 0) is 7.05 Å². The Hall–Kier alpha value is -3.03. The minimum atomic E-state index is -1.01. The number of nitrogens with zero attached hydrogens (tertiary/aromatic N) is 2. The van der Waals surface area contributed by atoms with E-state index in [1.807, 2.05) is 0 Å². The normalized spacial score (nSPS) is 11.8. The molecule has 156 valence electrons. The average molecular weight is 448 g/mol. The van der Waals surface area contributed by atoms with E-state index in [0.717, 1.165) is 5.56 Å². The van der Waals surface area contributed by atoms with Gasteiger partial charge in [0.25, 0.3) is 5.91 Å². The molecular weight excluding hydrogens is 429 g/mol. The molecule has 0 saturated carbocycles. The van der Waals surface area contributed by atoms with E-state index in [9.17, 15) is 9.59 Å². The molecule has 9 heteroatoms. The Labute approximate surface area is 183 Å². The van der Waals surface area contributed by atoms with E-state index in [1.54, 1.807) is 51.2 Å². The topological polar surface area (TPSA) is 93.5 Å². The molecule has 0 aliphatic rings. The van der Waals surface area contributed by atoms with Crippen LogP contribution in [0.15, 0.2) is 42.5 Å². The first-order valence-corrected chi connectivity index (χ1v) is 9.73. The first kappa shape index (κ1) is 21.7. The molecule has 0 radical (unpaired) electrons. The Morgan fingerprint density at radius 2 is 1.80 bits per heavy atom. The third-order valence-corrected chi connectivity index (χ3v) is 5.25. The van der Waals surface area contributed by atoms with Gasteiger partial charge in [-0.25, -0.2) is 9.48 Å². The van der Waals surface area contributed by atoms with Gasteiger partial charge in [-0.1, -0.05) is 35.3 Å².